The van der Waals surface area contributed by atoms with E-state index in [0.29, 0.717) is 16.8 Å². The lowest BCUT2D eigenvalue weighted by Crippen LogP contribution is -2.11. The molecule has 0 bridgehead atoms. The third-order valence-electron chi connectivity index (χ3n) is 3.11. The first kappa shape index (κ1) is 17.0. The van der Waals surface area contributed by atoms with Gasteiger partial charge in [0, 0.05) is 4.91 Å². The maximum absolute atomic E-state index is 13.1. The van der Waals surface area contributed by atoms with Gasteiger partial charge >= 0.3 is 5.97 Å². The van der Waals surface area contributed by atoms with Crippen LogP contribution in [-0.4, -0.2) is 19.4 Å². The number of hydrogen-bond acceptors (Lipinski definition) is 4. The number of allylic oxidation sites excluding steroid dienone is 1. The molecule has 0 N–H and O–H groups in total. The molecule has 0 radical (unpaired) electrons. The summed E-state index contributed by atoms with van der Waals surface area (Å²) in [4.78, 5) is 23.6. The topological polar surface area (TPSA) is 43.4 Å². The Labute approximate surface area is 138 Å². The van der Waals surface area contributed by atoms with E-state index in [1.165, 1.54) is 37.1 Å². The Kier molecular flexibility index (Phi) is 6.11. The van der Waals surface area contributed by atoms with E-state index in [4.69, 9.17) is 4.74 Å². The van der Waals surface area contributed by atoms with Crippen molar-refractivity contribution in [3.63, 3.8) is 0 Å². The lowest BCUT2D eigenvalue weighted by molar-refractivity contribution is -0.140. The van der Waals surface area contributed by atoms with Crippen LogP contribution in [0.3, 0.4) is 0 Å². The van der Waals surface area contributed by atoms with Gasteiger partial charge in [-0.2, -0.15) is 0 Å². The van der Waals surface area contributed by atoms with Crippen LogP contribution in [0.1, 0.15) is 16.4 Å². The van der Waals surface area contributed by atoms with Crippen molar-refractivity contribution in [2.45, 2.75) is 5.25 Å². The molecule has 2 rings (SSSR count). The summed E-state index contributed by atoms with van der Waals surface area (Å²) in [6, 6.07) is 14.9. The highest BCUT2D eigenvalue weighted by Crippen LogP contribution is 2.40. The summed E-state index contributed by atoms with van der Waals surface area (Å²) in [5.74, 6) is -0.781. The zero-order chi connectivity index (χ0) is 16.7. The van der Waals surface area contributed by atoms with Crippen LogP contribution in [-0.2, 0) is 14.3 Å². The Morgan fingerprint density at radius 1 is 1.13 bits per heavy atom. The van der Waals surface area contributed by atoms with Crippen LogP contribution >= 0.6 is 11.8 Å². The van der Waals surface area contributed by atoms with Gasteiger partial charge in [0.05, 0.1) is 7.11 Å². The van der Waals surface area contributed by atoms with E-state index >= 15 is 0 Å². The number of methoxy groups -OCH3 is 1. The zero-order valence-electron chi connectivity index (χ0n) is 12.4. The van der Waals surface area contributed by atoms with Crippen molar-refractivity contribution in [1.29, 1.82) is 0 Å². The molecule has 0 aliphatic carbocycles. The quantitative estimate of drug-likeness (QED) is 0.456. The summed E-state index contributed by atoms with van der Waals surface area (Å²) in [7, 11) is 1.32. The Morgan fingerprint density at radius 2 is 1.78 bits per heavy atom. The molecule has 2 aromatic carbocycles. The van der Waals surface area contributed by atoms with Crippen LogP contribution in [0.5, 0.6) is 0 Å². The third-order valence-corrected chi connectivity index (χ3v) is 4.44. The molecule has 23 heavy (non-hydrogen) atoms. The predicted molar refractivity (Wildman–Crippen MR) is 89.2 cm³/mol. The normalized spacial score (nSPS) is 12.5. The zero-order valence-corrected chi connectivity index (χ0v) is 13.3. The number of hydrogen-bond donors (Lipinski definition) is 0. The molecule has 0 saturated carbocycles. The third kappa shape index (κ3) is 4.53. The largest absolute Gasteiger partial charge is 0.468 e. The number of benzene rings is 2. The first-order valence-electron chi connectivity index (χ1n) is 6.86. The number of thioether (sulfide) groups is 1. The standard InChI is InChI=1S/C18H15FO3S/c1-22-18(21)17(14-5-3-2-4-6-14)23-16(11-12-20)13-7-9-15(19)10-8-13/h2-12,17H,1H3/b16-11-. The van der Waals surface area contributed by atoms with Gasteiger partial charge in [-0.15, -0.1) is 11.8 Å². The Morgan fingerprint density at radius 3 is 2.35 bits per heavy atom. The molecule has 0 fully saturated rings. The van der Waals surface area contributed by atoms with E-state index in [-0.39, 0.29) is 5.82 Å². The average Bonchev–Trinajstić information content (AvgIpc) is 2.59. The first-order chi connectivity index (χ1) is 11.2. The molecular weight excluding hydrogens is 315 g/mol. The molecule has 0 amide bonds. The second-order valence-corrected chi connectivity index (χ2v) is 5.75. The minimum atomic E-state index is -0.613. The molecular formula is C18H15FO3S. The van der Waals surface area contributed by atoms with E-state index in [9.17, 15) is 14.0 Å². The van der Waals surface area contributed by atoms with E-state index in [1.54, 1.807) is 12.1 Å². The number of halogens is 1. The molecule has 0 aliphatic rings. The summed E-state index contributed by atoms with van der Waals surface area (Å²) >= 11 is 1.19. The van der Waals surface area contributed by atoms with Crippen molar-refractivity contribution in [2.24, 2.45) is 0 Å². The molecule has 5 heteroatoms. The van der Waals surface area contributed by atoms with Gasteiger partial charge in [-0.1, -0.05) is 42.5 Å². The lowest BCUT2D eigenvalue weighted by Gasteiger charge is -2.16. The Hall–Kier alpha value is -2.40. The second-order valence-electron chi connectivity index (χ2n) is 4.61. The number of rotatable bonds is 6. The summed E-state index contributed by atoms with van der Waals surface area (Å²) in [5, 5.41) is -0.613. The summed E-state index contributed by atoms with van der Waals surface area (Å²) in [6.45, 7) is 0. The minimum absolute atomic E-state index is 0.364. The van der Waals surface area contributed by atoms with Gasteiger partial charge in [-0.05, 0) is 29.3 Å². The van der Waals surface area contributed by atoms with E-state index in [1.807, 2.05) is 30.3 Å². The van der Waals surface area contributed by atoms with Crippen molar-refractivity contribution < 1.29 is 18.7 Å². The molecule has 1 unspecified atom stereocenters. The highest BCUT2D eigenvalue weighted by Gasteiger charge is 2.24. The fourth-order valence-electron chi connectivity index (χ4n) is 1.99. The maximum Gasteiger partial charge on any atom is 0.323 e. The van der Waals surface area contributed by atoms with Crippen molar-refractivity contribution in [3.8, 4) is 0 Å². The number of esters is 1. The monoisotopic (exact) mass is 330 g/mol. The van der Waals surface area contributed by atoms with Crippen molar-refractivity contribution in [3.05, 3.63) is 77.6 Å². The molecule has 0 saturated heterocycles. The minimum Gasteiger partial charge on any atom is -0.468 e. The van der Waals surface area contributed by atoms with Gasteiger partial charge in [0.15, 0.2) is 0 Å². The fraction of sp³-hybridized carbons (Fsp3) is 0.111. The average molecular weight is 330 g/mol. The van der Waals surface area contributed by atoms with Crippen molar-refractivity contribution in [1.82, 2.24) is 0 Å². The van der Waals surface area contributed by atoms with Gasteiger partial charge < -0.3 is 4.74 Å². The van der Waals surface area contributed by atoms with Gasteiger partial charge in [-0.25, -0.2) is 4.39 Å². The summed E-state index contributed by atoms with van der Waals surface area (Å²) in [5.41, 5.74) is 1.43. The van der Waals surface area contributed by atoms with Crippen LogP contribution in [0.15, 0.2) is 60.7 Å². The lowest BCUT2D eigenvalue weighted by atomic mass is 10.1. The van der Waals surface area contributed by atoms with Crippen molar-refractivity contribution >= 4 is 28.9 Å². The second kappa shape index (κ2) is 8.29. The maximum atomic E-state index is 13.1. The van der Waals surface area contributed by atoms with E-state index in [0.717, 1.165) is 5.56 Å². The van der Waals surface area contributed by atoms with Gasteiger partial charge in [0.2, 0.25) is 0 Å². The van der Waals surface area contributed by atoms with Gasteiger partial charge in [-0.3, -0.25) is 9.59 Å². The Balaban J connectivity index is 2.35. The SMILES string of the molecule is COC(=O)C(S/C(=C\C=O)c1ccc(F)cc1)c1ccccc1. The molecule has 0 heterocycles. The molecule has 0 aliphatic heterocycles. The van der Waals surface area contributed by atoms with Crippen molar-refractivity contribution in [2.75, 3.05) is 7.11 Å². The molecule has 2 aromatic rings. The highest BCUT2D eigenvalue weighted by atomic mass is 32.2. The predicted octanol–water partition coefficient (Wildman–Crippen LogP) is 4.01. The Bertz CT molecular complexity index is 696. The molecule has 0 aromatic heterocycles. The first-order valence-corrected chi connectivity index (χ1v) is 7.74. The smallest absolute Gasteiger partial charge is 0.323 e. The number of carbonyl (C=O) groups excluding carboxylic acids is 2. The number of carbonyl (C=O) groups is 2. The van der Waals surface area contributed by atoms with Crippen LogP contribution in [0.4, 0.5) is 4.39 Å². The van der Waals surface area contributed by atoms with Gasteiger partial charge in [0.25, 0.3) is 0 Å². The van der Waals surface area contributed by atoms with Gasteiger partial charge in [0.1, 0.15) is 17.4 Å². The number of ether oxygens (including phenoxy) is 1. The fourth-order valence-corrected chi connectivity index (χ4v) is 3.14. The number of aldehydes is 1. The molecule has 118 valence electrons. The summed E-state index contributed by atoms with van der Waals surface area (Å²) < 4.78 is 17.9. The summed E-state index contributed by atoms with van der Waals surface area (Å²) in [6.07, 6.45) is 2.00. The molecule has 1 atom stereocenters. The van der Waals surface area contributed by atoms with Crippen LogP contribution in [0.2, 0.25) is 0 Å². The highest BCUT2D eigenvalue weighted by molar-refractivity contribution is 8.09. The van der Waals surface area contributed by atoms with E-state index in [2.05, 4.69) is 0 Å². The van der Waals surface area contributed by atoms with Crippen LogP contribution in [0.25, 0.3) is 4.91 Å². The van der Waals surface area contributed by atoms with E-state index < -0.39 is 11.2 Å². The molecule has 3 nitrogen and oxygen atoms in total. The van der Waals surface area contributed by atoms with Crippen LogP contribution < -0.4 is 0 Å². The van der Waals surface area contributed by atoms with Crippen LogP contribution in [0, 0.1) is 5.82 Å². The molecule has 0 spiro atoms.